The number of H-pyrrole nitrogens is 1. The fourth-order valence-corrected chi connectivity index (χ4v) is 4.00. The van der Waals surface area contributed by atoms with Gasteiger partial charge in [-0.3, -0.25) is 0 Å². The molecule has 1 aliphatic heterocycles. The number of ether oxygens (including phenoxy) is 1. The summed E-state index contributed by atoms with van der Waals surface area (Å²) in [6.45, 7) is 6.39. The van der Waals surface area contributed by atoms with Gasteiger partial charge in [0.05, 0.1) is 5.39 Å². The molecular formula is C24H27N7O. The van der Waals surface area contributed by atoms with E-state index in [0.717, 1.165) is 37.3 Å². The van der Waals surface area contributed by atoms with Gasteiger partial charge >= 0.3 is 0 Å². The van der Waals surface area contributed by atoms with Crippen LogP contribution in [0.25, 0.3) is 11.0 Å². The second-order valence-corrected chi connectivity index (χ2v) is 8.18. The van der Waals surface area contributed by atoms with Crippen molar-refractivity contribution in [3.8, 4) is 11.6 Å². The number of nitrogens with two attached hydrogens (primary N) is 1. The first-order valence-electron chi connectivity index (χ1n) is 10.7. The average Bonchev–Trinajstić information content (AvgIpc) is 3.24. The van der Waals surface area contributed by atoms with Crippen molar-refractivity contribution < 1.29 is 4.74 Å². The molecule has 0 radical (unpaired) electrons. The molecule has 164 valence electrons. The molecule has 1 fully saturated rings. The first-order chi connectivity index (χ1) is 15.5. The Morgan fingerprint density at radius 2 is 1.88 bits per heavy atom. The molecule has 32 heavy (non-hydrogen) atoms. The Hall–Kier alpha value is -3.78. The van der Waals surface area contributed by atoms with E-state index in [4.69, 9.17) is 10.5 Å². The number of nitrogens with zero attached hydrogens (tertiary/aromatic N) is 4. The maximum atomic E-state index is 6.04. The van der Waals surface area contributed by atoms with Gasteiger partial charge in [-0.1, -0.05) is 6.07 Å². The maximum absolute atomic E-state index is 6.04. The Labute approximate surface area is 187 Å². The normalized spacial score (nSPS) is 14.6. The third-order valence-corrected chi connectivity index (χ3v) is 5.75. The first-order valence-corrected chi connectivity index (χ1v) is 10.7. The number of aromatic nitrogens is 3. The summed E-state index contributed by atoms with van der Waals surface area (Å²) >= 11 is 0. The lowest BCUT2D eigenvalue weighted by Gasteiger charge is -2.35. The Balaban J connectivity index is 1.40. The number of benzene rings is 2. The molecule has 0 atom stereocenters. The van der Waals surface area contributed by atoms with Crippen LogP contribution in [0.5, 0.6) is 11.6 Å². The zero-order valence-electron chi connectivity index (χ0n) is 18.3. The summed E-state index contributed by atoms with van der Waals surface area (Å²) in [5, 5.41) is 4.13. The number of piperazine rings is 1. The number of aromatic amines is 1. The lowest BCUT2D eigenvalue weighted by atomic mass is 10.1. The molecule has 0 spiro atoms. The molecule has 0 saturated carbocycles. The standard InChI is InChI=1S/C24H27N7O/c1-16-14-18(6-7-21(16)31-12-10-30(2)11-13-31)27-24-28-22-20(8-9-26-22)23(29-24)32-19-5-3-4-17(25)15-19/h3-9,14-15H,10-13,25H2,1-2H3,(H2,26,27,28,29). The van der Waals surface area contributed by atoms with Gasteiger partial charge in [0.1, 0.15) is 11.4 Å². The Morgan fingerprint density at radius 3 is 2.66 bits per heavy atom. The van der Waals surface area contributed by atoms with Crippen molar-refractivity contribution >= 4 is 34.0 Å². The smallest absolute Gasteiger partial charge is 0.233 e. The fraction of sp³-hybridized carbons (Fsp3) is 0.250. The third-order valence-electron chi connectivity index (χ3n) is 5.75. The van der Waals surface area contributed by atoms with Crippen LogP contribution in [0, 0.1) is 6.92 Å². The first kappa shape index (κ1) is 20.1. The van der Waals surface area contributed by atoms with Crippen LogP contribution in [-0.4, -0.2) is 53.1 Å². The highest BCUT2D eigenvalue weighted by atomic mass is 16.5. The van der Waals surface area contributed by atoms with E-state index in [1.54, 1.807) is 6.07 Å². The highest BCUT2D eigenvalue weighted by Crippen LogP contribution is 2.31. The van der Waals surface area contributed by atoms with Crippen LogP contribution in [0.3, 0.4) is 0 Å². The van der Waals surface area contributed by atoms with Crippen molar-refractivity contribution in [3.05, 3.63) is 60.3 Å². The second kappa shape index (κ2) is 8.39. The molecule has 2 aromatic heterocycles. The molecular weight excluding hydrogens is 402 g/mol. The van der Waals surface area contributed by atoms with Gasteiger partial charge in [-0.15, -0.1) is 0 Å². The summed E-state index contributed by atoms with van der Waals surface area (Å²) in [7, 11) is 2.17. The molecule has 0 aliphatic carbocycles. The maximum Gasteiger partial charge on any atom is 0.233 e. The number of rotatable bonds is 5. The van der Waals surface area contributed by atoms with Gasteiger partial charge in [0.15, 0.2) is 0 Å². The highest BCUT2D eigenvalue weighted by molar-refractivity contribution is 5.82. The predicted octanol–water partition coefficient (Wildman–Crippen LogP) is 4.14. The third kappa shape index (κ3) is 4.17. The van der Waals surface area contributed by atoms with Gasteiger partial charge in [0.2, 0.25) is 11.8 Å². The van der Waals surface area contributed by atoms with Crippen LogP contribution >= 0.6 is 0 Å². The summed E-state index contributed by atoms with van der Waals surface area (Å²) in [5.41, 5.74) is 10.6. The van der Waals surface area contributed by atoms with Crippen LogP contribution in [0.1, 0.15) is 5.56 Å². The van der Waals surface area contributed by atoms with E-state index in [1.807, 2.05) is 30.5 Å². The van der Waals surface area contributed by atoms with Gasteiger partial charge < -0.3 is 30.6 Å². The quantitative estimate of drug-likeness (QED) is 0.411. The Bertz CT molecular complexity index is 1240. The van der Waals surface area contributed by atoms with Gasteiger partial charge in [-0.25, -0.2) is 0 Å². The molecule has 1 aliphatic rings. The zero-order chi connectivity index (χ0) is 22.1. The van der Waals surface area contributed by atoms with Gasteiger partial charge in [0, 0.05) is 55.5 Å². The topological polar surface area (TPSA) is 95.3 Å². The largest absolute Gasteiger partial charge is 0.438 e. The van der Waals surface area contributed by atoms with E-state index in [9.17, 15) is 0 Å². The van der Waals surface area contributed by atoms with Crippen molar-refractivity contribution in [2.75, 3.05) is 49.2 Å². The number of anilines is 4. The summed E-state index contributed by atoms with van der Waals surface area (Å²) in [5.74, 6) is 1.56. The monoisotopic (exact) mass is 429 g/mol. The number of nitrogens with one attached hydrogen (secondary N) is 2. The van der Waals surface area contributed by atoms with Crippen molar-refractivity contribution in [1.29, 1.82) is 0 Å². The van der Waals surface area contributed by atoms with E-state index in [0.29, 0.717) is 28.9 Å². The summed E-state index contributed by atoms with van der Waals surface area (Å²) in [6.07, 6.45) is 1.82. The predicted molar refractivity (Wildman–Crippen MR) is 129 cm³/mol. The molecule has 2 aromatic carbocycles. The molecule has 5 rings (SSSR count). The number of fused-ring (bicyclic) bond motifs is 1. The van der Waals surface area contributed by atoms with Gasteiger partial charge in [0.25, 0.3) is 0 Å². The minimum atomic E-state index is 0.464. The molecule has 8 nitrogen and oxygen atoms in total. The summed E-state index contributed by atoms with van der Waals surface area (Å²) in [6, 6.07) is 15.6. The molecule has 4 aromatic rings. The van der Waals surface area contributed by atoms with Crippen LogP contribution in [0.15, 0.2) is 54.7 Å². The van der Waals surface area contributed by atoms with Crippen molar-refractivity contribution in [2.24, 2.45) is 0 Å². The molecule has 3 heterocycles. The molecule has 1 saturated heterocycles. The van der Waals surface area contributed by atoms with Gasteiger partial charge in [-0.2, -0.15) is 9.97 Å². The SMILES string of the molecule is Cc1cc(Nc2nc(Oc3cccc(N)c3)c3cc[nH]c3n2)ccc1N1CCN(C)CC1. The lowest BCUT2D eigenvalue weighted by Crippen LogP contribution is -2.44. The summed E-state index contributed by atoms with van der Waals surface area (Å²) < 4.78 is 6.04. The van der Waals surface area contributed by atoms with Crippen molar-refractivity contribution in [2.45, 2.75) is 6.92 Å². The van der Waals surface area contributed by atoms with E-state index in [-0.39, 0.29) is 0 Å². The van der Waals surface area contributed by atoms with Crippen LogP contribution in [0.2, 0.25) is 0 Å². The van der Waals surface area contributed by atoms with Crippen molar-refractivity contribution in [1.82, 2.24) is 19.9 Å². The van der Waals surface area contributed by atoms with E-state index >= 15 is 0 Å². The highest BCUT2D eigenvalue weighted by Gasteiger charge is 2.16. The van der Waals surface area contributed by atoms with Gasteiger partial charge in [-0.05, 0) is 55.9 Å². The molecule has 8 heteroatoms. The number of nitrogen functional groups attached to an aromatic ring is 1. The molecule has 0 amide bonds. The molecule has 0 unspecified atom stereocenters. The average molecular weight is 430 g/mol. The van der Waals surface area contributed by atoms with Crippen LogP contribution in [-0.2, 0) is 0 Å². The number of likely N-dealkylation sites (N-methyl/N-ethyl adjacent to an activating group) is 1. The summed E-state index contributed by atoms with van der Waals surface area (Å²) in [4.78, 5) is 17.2. The number of aryl methyl sites for hydroxylation is 1. The number of hydrogen-bond acceptors (Lipinski definition) is 7. The molecule has 0 bridgehead atoms. The van der Waals surface area contributed by atoms with Crippen LogP contribution in [0.4, 0.5) is 23.0 Å². The minimum Gasteiger partial charge on any atom is -0.438 e. The fourth-order valence-electron chi connectivity index (χ4n) is 4.00. The molecule has 4 N–H and O–H groups in total. The Morgan fingerprint density at radius 1 is 1.03 bits per heavy atom. The zero-order valence-corrected chi connectivity index (χ0v) is 18.3. The number of hydrogen-bond donors (Lipinski definition) is 3. The Kier molecular flexibility index (Phi) is 5.28. The van der Waals surface area contributed by atoms with E-state index in [1.165, 1.54) is 11.3 Å². The van der Waals surface area contributed by atoms with E-state index in [2.05, 4.69) is 62.2 Å². The second-order valence-electron chi connectivity index (χ2n) is 8.18. The minimum absolute atomic E-state index is 0.464. The lowest BCUT2D eigenvalue weighted by molar-refractivity contribution is 0.312. The van der Waals surface area contributed by atoms with Crippen molar-refractivity contribution in [3.63, 3.8) is 0 Å². The van der Waals surface area contributed by atoms with E-state index < -0.39 is 0 Å². The van der Waals surface area contributed by atoms with Crippen LogP contribution < -0.4 is 20.7 Å².